The first-order chi connectivity index (χ1) is 11.6. The van der Waals surface area contributed by atoms with Gasteiger partial charge in [0, 0.05) is 8.07 Å². The molecule has 0 radical (unpaired) electrons. The van der Waals surface area contributed by atoms with E-state index in [1.54, 1.807) is 0 Å². The molecule has 0 aromatic rings. The Kier molecular flexibility index (Phi) is 12.0. The molecule has 0 spiro atoms. The predicted octanol–water partition coefficient (Wildman–Crippen LogP) is 2.83. The van der Waals surface area contributed by atoms with Crippen LogP contribution in [0.25, 0.3) is 0 Å². The maximum absolute atomic E-state index is 12.5. The predicted molar refractivity (Wildman–Crippen MR) is 107 cm³/mol. The lowest BCUT2D eigenvalue weighted by Gasteiger charge is -2.23. The largest absolute Gasteiger partial charge is 0.464 e. The van der Waals surface area contributed by atoms with Crippen molar-refractivity contribution >= 4 is 41.8 Å². The van der Waals surface area contributed by atoms with Gasteiger partial charge in [-0.2, -0.15) is 0 Å². The van der Waals surface area contributed by atoms with Crippen molar-refractivity contribution in [3.63, 3.8) is 0 Å². The summed E-state index contributed by atoms with van der Waals surface area (Å²) in [5, 5.41) is 5.56. The summed E-state index contributed by atoms with van der Waals surface area (Å²) in [6.45, 7) is 10.9. The van der Waals surface area contributed by atoms with Crippen LogP contribution in [-0.2, 0) is 19.1 Å². The number of carbonyl (C=O) groups excluding carboxylic acids is 3. The quantitative estimate of drug-likeness (QED) is 0.279. The molecule has 146 valence electrons. The molecule has 0 rings (SSSR count). The number of amides is 2. The van der Waals surface area contributed by atoms with Gasteiger partial charge in [0.15, 0.2) is 0 Å². The summed E-state index contributed by atoms with van der Waals surface area (Å²) in [5.41, 5.74) is 0. The van der Waals surface area contributed by atoms with E-state index in [1.165, 1.54) is 0 Å². The van der Waals surface area contributed by atoms with Crippen molar-refractivity contribution in [1.29, 1.82) is 0 Å². The molecule has 0 fully saturated rings. The number of ether oxygens (including phenoxy) is 1. The van der Waals surface area contributed by atoms with Gasteiger partial charge in [-0.15, -0.1) is 0 Å². The van der Waals surface area contributed by atoms with Gasteiger partial charge in [-0.25, -0.2) is 4.79 Å². The molecule has 0 saturated carbocycles. The van der Waals surface area contributed by atoms with E-state index in [4.69, 9.17) is 4.74 Å². The highest BCUT2D eigenvalue weighted by Crippen LogP contribution is 2.09. The van der Waals surface area contributed by atoms with Crippen molar-refractivity contribution in [3.05, 3.63) is 0 Å². The Morgan fingerprint density at radius 3 is 2.04 bits per heavy atom. The summed E-state index contributed by atoms with van der Waals surface area (Å²) < 4.78 is 5.36. The van der Waals surface area contributed by atoms with E-state index in [0.29, 0.717) is 19.4 Å². The fourth-order valence-corrected chi connectivity index (χ4v) is 3.04. The van der Waals surface area contributed by atoms with Gasteiger partial charge in [0.2, 0.25) is 11.8 Å². The molecule has 0 aliphatic carbocycles. The van der Waals surface area contributed by atoms with Crippen LogP contribution in [0, 0.1) is 0 Å². The van der Waals surface area contributed by atoms with Crippen molar-refractivity contribution in [2.24, 2.45) is 0 Å². The number of alkyl halides is 1. The van der Waals surface area contributed by atoms with Crippen molar-refractivity contribution in [2.75, 3.05) is 11.9 Å². The minimum absolute atomic E-state index is 0.137. The van der Waals surface area contributed by atoms with Gasteiger partial charge in [0.05, 0.1) is 11.9 Å². The van der Waals surface area contributed by atoms with E-state index in [9.17, 15) is 14.4 Å². The standard InChI is InChI=1S/C17H33BrN2O4Si/c1-6-8-13(19-15(21)12-18)16(22)20-14(9-7-2)17(23)24-10-11-25(3,4)5/h13-14H,6-12H2,1-5H3,(H,19,21)(H,20,22)/t13-,14+/m1/s1. The van der Waals surface area contributed by atoms with Crippen LogP contribution in [0.4, 0.5) is 0 Å². The van der Waals surface area contributed by atoms with E-state index in [2.05, 4.69) is 46.2 Å². The minimum atomic E-state index is -1.28. The van der Waals surface area contributed by atoms with Crippen LogP contribution in [0.3, 0.4) is 0 Å². The Morgan fingerprint density at radius 1 is 1.00 bits per heavy atom. The Morgan fingerprint density at radius 2 is 1.56 bits per heavy atom. The number of rotatable bonds is 12. The SMILES string of the molecule is CCC[C@H](NC(=O)[C@@H](CCC)NC(=O)CBr)C(=O)OCC[Si](C)(C)C. The van der Waals surface area contributed by atoms with E-state index in [-0.39, 0.29) is 17.1 Å². The maximum Gasteiger partial charge on any atom is 0.328 e. The summed E-state index contributed by atoms with van der Waals surface area (Å²) in [6, 6.07) is -0.408. The average molecular weight is 437 g/mol. The lowest BCUT2D eigenvalue weighted by atomic mass is 10.1. The van der Waals surface area contributed by atoms with Crippen molar-refractivity contribution < 1.29 is 19.1 Å². The second-order valence-electron chi connectivity index (χ2n) is 7.37. The summed E-state index contributed by atoms with van der Waals surface area (Å²) in [7, 11) is -1.28. The van der Waals surface area contributed by atoms with Gasteiger partial charge >= 0.3 is 5.97 Å². The molecular weight excluding hydrogens is 404 g/mol. The molecule has 8 heteroatoms. The van der Waals surface area contributed by atoms with E-state index >= 15 is 0 Å². The summed E-state index contributed by atoms with van der Waals surface area (Å²) in [6.07, 6.45) is 2.54. The van der Waals surface area contributed by atoms with Crippen LogP contribution in [-0.4, -0.2) is 49.9 Å². The molecule has 0 aliphatic rings. The number of carbonyl (C=O) groups is 3. The first-order valence-electron chi connectivity index (χ1n) is 8.96. The number of esters is 1. The van der Waals surface area contributed by atoms with Crippen LogP contribution >= 0.6 is 15.9 Å². The maximum atomic E-state index is 12.5. The second kappa shape index (κ2) is 12.5. The zero-order valence-electron chi connectivity index (χ0n) is 16.1. The van der Waals surface area contributed by atoms with Crippen LogP contribution < -0.4 is 10.6 Å². The molecular formula is C17H33BrN2O4Si. The molecule has 6 nitrogen and oxygen atoms in total. The molecule has 0 saturated heterocycles. The zero-order chi connectivity index (χ0) is 19.5. The molecule has 0 bridgehead atoms. The first-order valence-corrected chi connectivity index (χ1v) is 13.8. The Labute approximate surface area is 161 Å². The molecule has 2 N–H and O–H groups in total. The lowest BCUT2D eigenvalue weighted by Crippen LogP contribution is -2.52. The number of halogens is 1. The molecule has 25 heavy (non-hydrogen) atoms. The van der Waals surface area contributed by atoms with Gasteiger partial charge in [0.1, 0.15) is 12.1 Å². The Balaban J connectivity index is 4.75. The molecule has 2 atom stereocenters. The molecule has 0 aromatic carbocycles. The minimum Gasteiger partial charge on any atom is -0.464 e. The molecule has 0 unspecified atom stereocenters. The highest BCUT2D eigenvalue weighted by Gasteiger charge is 2.27. The molecule has 2 amide bonds. The monoisotopic (exact) mass is 436 g/mol. The molecule has 0 heterocycles. The van der Waals surface area contributed by atoms with Gasteiger partial charge in [-0.1, -0.05) is 62.3 Å². The van der Waals surface area contributed by atoms with Crippen molar-refractivity contribution in [2.45, 2.75) is 77.3 Å². The second-order valence-corrected chi connectivity index (χ2v) is 13.6. The van der Waals surface area contributed by atoms with Crippen LogP contribution in [0.2, 0.25) is 25.7 Å². The number of hydrogen-bond donors (Lipinski definition) is 2. The normalized spacial score (nSPS) is 13.7. The Bertz CT molecular complexity index is 441. The van der Waals surface area contributed by atoms with E-state index in [1.807, 2.05) is 13.8 Å². The zero-order valence-corrected chi connectivity index (χ0v) is 18.7. The summed E-state index contributed by atoms with van der Waals surface area (Å²) in [4.78, 5) is 36.3. The van der Waals surface area contributed by atoms with E-state index in [0.717, 1.165) is 18.9 Å². The summed E-state index contributed by atoms with van der Waals surface area (Å²) in [5.74, 6) is -0.981. The van der Waals surface area contributed by atoms with Crippen molar-refractivity contribution in [1.82, 2.24) is 10.6 Å². The number of nitrogens with one attached hydrogen (secondary N) is 2. The Hall–Kier alpha value is -0.893. The van der Waals surface area contributed by atoms with Gasteiger partial charge in [0.25, 0.3) is 0 Å². The average Bonchev–Trinajstić information content (AvgIpc) is 2.52. The number of hydrogen-bond acceptors (Lipinski definition) is 4. The third kappa shape index (κ3) is 11.4. The van der Waals surface area contributed by atoms with Crippen LogP contribution in [0.5, 0.6) is 0 Å². The lowest BCUT2D eigenvalue weighted by molar-refractivity contribution is -0.147. The van der Waals surface area contributed by atoms with Gasteiger partial charge in [-0.3, -0.25) is 9.59 Å². The van der Waals surface area contributed by atoms with E-state index < -0.39 is 26.1 Å². The van der Waals surface area contributed by atoms with Crippen LogP contribution in [0.1, 0.15) is 39.5 Å². The van der Waals surface area contributed by atoms with Crippen molar-refractivity contribution in [3.8, 4) is 0 Å². The first kappa shape index (κ1) is 24.1. The fourth-order valence-electron chi connectivity index (χ4n) is 2.16. The van der Waals surface area contributed by atoms with Gasteiger partial charge < -0.3 is 15.4 Å². The third-order valence-electron chi connectivity index (χ3n) is 3.63. The smallest absolute Gasteiger partial charge is 0.328 e. The topological polar surface area (TPSA) is 84.5 Å². The molecule has 0 aliphatic heterocycles. The van der Waals surface area contributed by atoms with Gasteiger partial charge in [-0.05, 0) is 18.9 Å². The highest BCUT2D eigenvalue weighted by molar-refractivity contribution is 9.09. The summed E-state index contributed by atoms with van der Waals surface area (Å²) >= 11 is 3.07. The van der Waals surface area contributed by atoms with Crippen LogP contribution in [0.15, 0.2) is 0 Å². The third-order valence-corrected chi connectivity index (χ3v) is 5.84. The molecule has 0 aromatic heterocycles. The highest BCUT2D eigenvalue weighted by atomic mass is 79.9. The fraction of sp³-hybridized carbons (Fsp3) is 0.824.